The molecule has 0 aliphatic heterocycles. The quantitative estimate of drug-likeness (QED) is 0.856. The normalized spacial score (nSPS) is 17.4. The lowest BCUT2D eigenvalue weighted by atomic mass is 9.98. The van der Waals surface area contributed by atoms with E-state index in [1.165, 1.54) is 25.7 Å². The Kier molecular flexibility index (Phi) is 5.17. The summed E-state index contributed by atoms with van der Waals surface area (Å²) in [5.41, 5.74) is 0.837. The van der Waals surface area contributed by atoms with Gasteiger partial charge in [-0.05, 0) is 25.3 Å². The Balaban J connectivity index is 2.11. The van der Waals surface area contributed by atoms with E-state index in [-0.39, 0.29) is 5.56 Å². The van der Waals surface area contributed by atoms with Gasteiger partial charge in [0.05, 0.1) is 18.4 Å². The first-order chi connectivity index (χ1) is 9.61. The zero-order valence-corrected chi connectivity index (χ0v) is 12.8. The fraction of sp³-hybridized carbons (Fsp3) is 0.733. The molecule has 2 rings (SSSR count). The molecular weight excluding hydrogens is 252 g/mol. The molecule has 1 saturated carbocycles. The van der Waals surface area contributed by atoms with Gasteiger partial charge in [-0.1, -0.05) is 19.8 Å². The number of nitrogens with one attached hydrogen (secondary N) is 1. The van der Waals surface area contributed by atoms with Crippen molar-refractivity contribution in [2.75, 3.05) is 25.5 Å². The van der Waals surface area contributed by atoms with Crippen LogP contribution in [0.1, 0.15) is 32.6 Å². The first-order valence-corrected chi connectivity index (χ1v) is 7.59. The SMILES string of the molecule is CCNC(Cn1ncc(N(C)C)cc1=O)C1CCCC1. The summed E-state index contributed by atoms with van der Waals surface area (Å²) in [6, 6.07) is 2.02. The summed E-state index contributed by atoms with van der Waals surface area (Å²) in [6.45, 7) is 3.73. The van der Waals surface area contributed by atoms with E-state index in [0.29, 0.717) is 18.5 Å². The summed E-state index contributed by atoms with van der Waals surface area (Å²) in [5.74, 6) is 0.678. The Morgan fingerprint density at radius 3 is 2.70 bits per heavy atom. The van der Waals surface area contributed by atoms with Gasteiger partial charge in [0.15, 0.2) is 0 Å². The van der Waals surface area contributed by atoms with Crippen LogP contribution < -0.4 is 15.8 Å². The molecule has 1 aromatic rings. The van der Waals surface area contributed by atoms with Gasteiger partial charge in [-0.3, -0.25) is 4.79 Å². The molecular formula is C15H26N4O. The highest BCUT2D eigenvalue weighted by Gasteiger charge is 2.25. The van der Waals surface area contributed by atoms with Crippen molar-refractivity contribution in [3.05, 3.63) is 22.6 Å². The maximum absolute atomic E-state index is 12.1. The number of rotatable bonds is 6. The fourth-order valence-electron chi connectivity index (χ4n) is 2.99. The third kappa shape index (κ3) is 3.60. The van der Waals surface area contributed by atoms with E-state index < -0.39 is 0 Å². The molecule has 0 spiro atoms. The van der Waals surface area contributed by atoms with Gasteiger partial charge in [0.25, 0.3) is 5.56 Å². The third-order valence-electron chi connectivity index (χ3n) is 4.18. The second kappa shape index (κ2) is 6.88. The molecule has 1 aromatic heterocycles. The van der Waals surface area contributed by atoms with Crippen molar-refractivity contribution in [3.8, 4) is 0 Å². The predicted molar refractivity (Wildman–Crippen MR) is 82.2 cm³/mol. The van der Waals surface area contributed by atoms with Gasteiger partial charge in [-0.25, -0.2) is 4.68 Å². The summed E-state index contributed by atoms with van der Waals surface area (Å²) >= 11 is 0. The molecule has 0 aromatic carbocycles. The van der Waals surface area contributed by atoms with Crippen LogP contribution in [-0.2, 0) is 6.54 Å². The second-order valence-corrected chi connectivity index (χ2v) is 5.84. The summed E-state index contributed by atoms with van der Waals surface area (Å²) in [7, 11) is 3.83. The number of hydrogen-bond acceptors (Lipinski definition) is 4. The molecule has 5 heteroatoms. The van der Waals surface area contributed by atoms with Crippen LogP contribution in [-0.4, -0.2) is 36.5 Å². The molecule has 0 saturated heterocycles. The topological polar surface area (TPSA) is 50.2 Å². The summed E-state index contributed by atoms with van der Waals surface area (Å²) in [4.78, 5) is 14.0. The van der Waals surface area contributed by atoms with Gasteiger partial charge < -0.3 is 10.2 Å². The van der Waals surface area contributed by atoms with E-state index >= 15 is 0 Å². The van der Waals surface area contributed by atoms with Crippen LogP contribution >= 0.6 is 0 Å². The van der Waals surface area contributed by atoms with Crippen molar-refractivity contribution in [1.29, 1.82) is 0 Å². The highest BCUT2D eigenvalue weighted by molar-refractivity contribution is 5.40. The molecule has 1 atom stereocenters. The monoisotopic (exact) mass is 278 g/mol. The number of aromatic nitrogens is 2. The summed E-state index contributed by atoms with van der Waals surface area (Å²) < 4.78 is 1.60. The predicted octanol–water partition coefficient (Wildman–Crippen LogP) is 1.48. The van der Waals surface area contributed by atoms with E-state index in [1.54, 1.807) is 16.9 Å². The molecule has 0 amide bonds. The second-order valence-electron chi connectivity index (χ2n) is 5.84. The number of hydrogen-bond donors (Lipinski definition) is 1. The van der Waals surface area contributed by atoms with Gasteiger partial charge in [-0.2, -0.15) is 5.10 Å². The van der Waals surface area contributed by atoms with E-state index in [2.05, 4.69) is 17.3 Å². The van der Waals surface area contributed by atoms with Crippen molar-refractivity contribution in [2.45, 2.75) is 45.2 Å². The number of anilines is 1. The Hall–Kier alpha value is -1.36. The lowest BCUT2D eigenvalue weighted by molar-refractivity contribution is 0.311. The molecule has 112 valence electrons. The largest absolute Gasteiger partial charge is 0.376 e. The summed E-state index contributed by atoms with van der Waals surface area (Å²) in [6.07, 6.45) is 6.92. The molecule has 1 N–H and O–H groups in total. The fourth-order valence-corrected chi connectivity index (χ4v) is 2.99. The van der Waals surface area contributed by atoms with Crippen LogP contribution in [0.4, 0.5) is 5.69 Å². The average Bonchev–Trinajstić information content (AvgIpc) is 2.94. The Bertz CT molecular complexity index is 477. The molecule has 20 heavy (non-hydrogen) atoms. The zero-order chi connectivity index (χ0) is 14.5. The minimum absolute atomic E-state index is 0.0166. The number of nitrogens with zero attached hydrogens (tertiary/aromatic N) is 3. The molecule has 5 nitrogen and oxygen atoms in total. The highest BCUT2D eigenvalue weighted by Crippen LogP contribution is 2.28. The summed E-state index contributed by atoms with van der Waals surface area (Å²) in [5, 5.41) is 7.84. The van der Waals surface area contributed by atoms with Gasteiger partial charge >= 0.3 is 0 Å². The van der Waals surface area contributed by atoms with Crippen LogP contribution in [0.3, 0.4) is 0 Å². The first-order valence-electron chi connectivity index (χ1n) is 7.59. The Labute approximate surface area is 121 Å². The van der Waals surface area contributed by atoms with Crippen molar-refractivity contribution >= 4 is 5.69 Å². The Morgan fingerprint density at radius 2 is 2.15 bits per heavy atom. The molecule has 1 heterocycles. The zero-order valence-electron chi connectivity index (χ0n) is 12.8. The van der Waals surface area contributed by atoms with Gasteiger partial charge in [0.2, 0.25) is 0 Å². The average molecular weight is 278 g/mol. The van der Waals surface area contributed by atoms with Crippen molar-refractivity contribution in [3.63, 3.8) is 0 Å². The Morgan fingerprint density at radius 1 is 1.45 bits per heavy atom. The van der Waals surface area contributed by atoms with Gasteiger partial charge in [0.1, 0.15) is 0 Å². The molecule has 1 unspecified atom stereocenters. The lowest BCUT2D eigenvalue weighted by Crippen LogP contribution is -2.41. The minimum atomic E-state index is -0.0166. The number of likely N-dealkylation sites (N-methyl/N-ethyl adjacent to an activating group) is 1. The maximum atomic E-state index is 12.1. The molecule has 1 aliphatic rings. The van der Waals surface area contributed by atoms with Gasteiger partial charge in [-0.15, -0.1) is 0 Å². The van der Waals surface area contributed by atoms with Crippen LogP contribution in [0.15, 0.2) is 17.1 Å². The standard InChI is InChI=1S/C15H26N4O/c1-4-16-14(12-7-5-6-8-12)11-19-15(20)9-13(10-17-19)18(2)3/h9-10,12,14,16H,4-8,11H2,1-3H3. The van der Waals surface area contributed by atoms with Crippen LogP contribution in [0, 0.1) is 5.92 Å². The molecule has 1 aliphatic carbocycles. The third-order valence-corrected chi connectivity index (χ3v) is 4.18. The van der Waals surface area contributed by atoms with Gasteiger partial charge in [0, 0.05) is 26.2 Å². The van der Waals surface area contributed by atoms with E-state index in [0.717, 1.165) is 12.2 Å². The van der Waals surface area contributed by atoms with Crippen LogP contribution in [0.5, 0.6) is 0 Å². The molecule has 0 bridgehead atoms. The first kappa shape index (κ1) is 15.0. The van der Waals surface area contributed by atoms with E-state index in [4.69, 9.17) is 0 Å². The lowest BCUT2D eigenvalue weighted by Gasteiger charge is -2.24. The van der Waals surface area contributed by atoms with E-state index in [1.807, 2.05) is 19.0 Å². The van der Waals surface area contributed by atoms with E-state index in [9.17, 15) is 4.79 Å². The van der Waals surface area contributed by atoms with Crippen LogP contribution in [0.25, 0.3) is 0 Å². The highest BCUT2D eigenvalue weighted by atomic mass is 16.1. The van der Waals surface area contributed by atoms with Crippen molar-refractivity contribution < 1.29 is 0 Å². The van der Waals surface area contributed by atoms with Crippen molar-refractivity contribution in [1.82, 2.24) is 15.1 Å². The van der Waals surface area contributed by atoms with Crippen molar-refractivity contribution in [2.24, 2.45) is 5.92 Å². The smallest absolute Gasteiger partial charge is 0.268 e. The minimum Gasteiger partial charge on any atom is -0.376 e. The van der Waals surface area contributed by atoms with Crippen LogP contribution in [0.2, 0.25) is 0 Å². The maximum Gasteiger partial charge on any atom is 0.268 e. The molecule has 0 radical (unpaired) electrons. The molecule has 1 fully saturated rings.